The summed E-state index contributed by atoms with van der Waals surface area (Å²) in [7, 11) is 1.44. The molecular weight excluding hydrogens is 251 g/mol. The predicted octanol–water partition coefficient (Wildman–Crippen LogP) is 1.28. The van der Waals surface area contributed by atoms with Crippen LogP contribution in [0.3, 0.4) is 0 Å². The SMILES string of the molecule is Cn1nc(C(=O)OCc2cccc(F)c2)ccc1=O. The van der Waals surface area contributed by atoms with Crippen LogP contribution >= 0.6 is 0 Å². The minimum Gasteiger partial charge on any atom is -0.456 e. The summed E-state index contributed by atoms with van der Waals surface area (Å²) in [6.45, 7) is -0.0545. The molecule has 0 spiro atoms. The van der Waals surface area contributed by atoms with Gasteiger partial charge in [-0.15, -0.1) is 0 Å². The molecule has 0 unspecified atom stereocenters. The van der Waals surface area contributed by atoms with Gasteiger partial charge >= 0.3 is 5.97 Å². The normalized spacial score (nSPS) is 10.2. The lowest BCUT2D eigenvalue weighted by Crippen LogP contribution is -2.21. The van der Waals surface area contributed by atoms with Gasteiger partial charge in [-0.3, -0.25) is 4.79 Å². The van der Waals surface area contributed by atoms with E-state index in [9.17, 15) is 14.0 Å². The van der Waals surface area contributed by atoms with Crippen molar-refractivity contribution >= 4 is 5.97 Å². The number of nitrogens with zero attached hydrogens (tertiary/aromatic N) is 2. The van der Waals surface area contributed by atoms with Crippen molar-refractivity contribution in [2.75, 3.05) is 0 Å². The van der Waals surface area contributed by atoms with E-state index in [2.05, 4.69) is 5.10 Å². The van der Waals surface area contributed by atoms with E-state index in [1.54, 1.807) is 6.07 Å². The Kier molecular flexibility index (Phi) is 3.70. The summed E-state index contributed by atoms with van der Waals surface area (Å²) in [5.74, 6) is -1.06. The molecule has 0 aliphatic heterocycles. The Hall–Kier alpha value is -2.50. The molecule has 1 heterocycles. The second-order valence-electron chi connectivity index (χ2n) is 3.89. The van der Waals surface area contributed by atoms with Crippen LogP contribution in [0.5, 0.6) is 0 Å². The number of rotatable bonds is 3. The third-order valence-corrected chi connectivity index (χ3v) is 2.43. The molecule has 0 saturated heterocycles. The molecule has 0 aliphatic carbocycles. The summed E-state index contributed by atoms with van der Waals surface area (Å²) < 4.78 is 18.9. The molecule has 0 bridgehead atoms. The molecule has 6 heteroatoms. The molecule has 0 amide bonds. The van der Waals surface area contributed by atoms with E-state index in [-0.39, 0.29) is 17.9 Å². The second-order valence-corrected chi connectivity index (χ2v) is 3.89. The number of halogens is 1. The van der Waals surface area contributed by atoms with Crippen LogP contribution in [0.1, 0.15) is 16.1 Å². The van der Waals surface area contributed by atoms with Crippen molar-refractivity contribution in [3.8, 4) is 0 Å². The number of ether oxygens (including phenoxy) is 1. The third kappa shape index (κ3) is 3.25. The van der Waals surface area contributed by atoms with Crippen LogP contribution in [0.4, 0.5) is 4.39 Å². The Morgan fingerprint density at radius 3 is 2.84 bits per heavy atom. The number of aromatic nitrogens is 2. The van der Waals surface area contributed by atoms with Gasteiger partial charge in [0.15, 0.2) is 5.69 Å². The number of esters is 1. The Bertz CT molecular complexity index is 667. The van der Waals surface area contributed by atoms with E-state index >= 15 is 0 Å². The van der Waals surface area contributed by atoms with Gasteiger partial charge in [0.05, 0.1) is 0 Å². The number of hydrogen-bond donors (Lipinski definition) is 0. The van der Waals surface area contributed by atoms with Crippen LogP contribution in [-0.4, -0.2) is 15.7 Å². The van der Waals surface area contributed by atoms with Gasteiger partial charge in [-0.1, -0.05) is 12.1 Å². The van der Waals surface area contributed by atoms with Crippen LogP contribution < -0.4 is 5.56 Å². The molecule has 0 atom stereocenters. The lowest BCUT2D eigenvalue weighted by Gasteiger charge is -2.05. The van der Waals surface area contributed by atoms with Gasteiger partial charge in [0.2, 0.25) is 0 Å². The molecule has 2 rings (SSSR count). The first-order valence-electron chi connectivity index (χ1n) is 5.52. The largest absolute Gasteiger partial charge is 0.456 e. The van der Waals surface area contributed by atoms with Crippen LogP contribution in [0, 0.1) is 5.82 Å². The van der Waals surface area contributed by atoms with Crippen molar-refractivity contribution in [3.63, 3.8) is 0 Å². The maximum atomic E-state index is 12.9. The number of hydrogen-bond acceptors (Lipinski definition) is 4. The molecule has 2 aromatic rings. The standard InChI is InChI=1S/C13H11FN2O3/c1-16-12(17)6-5-11(15-16)13(18)19-8-9-3-2-4-10(14)7-9/h2-7H,8H2,1H3. The quantitative estimate of drug-likeness (QED) is 0.782. The van der Waals surface area contributed by atoms with Crippen molar-refractivity contribution in [3.05, 3.63) is 63.8 Å². The van der Waals surface area contributed by atoms with Crippen LogP contribution in [-0.2, 0) is 18.4 Å². The Morgan fingerprint density at radius 2 is 2.16 bits per heavy atom. The van der Waals surface area contributed by atoms with Gasteiger partial charge in [0.1, 0.15) is 12.4 Å². The Labute approximate surface area is 108 Å². The zero-order chi connectivity index (χ0) is 13.8. The predicted molar refractivity (Wildman–Crippen MR) is 65.0 cm³/mol. The Morgan fingerprint density at radius 1 is 1.37 bits per heavy atom. The first kappa shape index (κ1) is 12.9. The number of carbonyl (C=O) groups excluding carboxylic acids is 1. The highest BCUT2D eigenvalue weighted by molar-refractivity contribution is 5.86. The number of aryl methyl sites for hydroxylation is 1. The summed E-state index contributed by atoms with van der Waals surface area (Å²) in [5, 5.41) is 3.76. The first-order chi connectivity index (χ1) is 9.06. The molecule has 1 aromatic heterocycles. The highest BCUT2D eigenvalue weighted by Gasteiger charge is 2.10. The highest BCUT2D eigenvalue weighted by Crippen LogP contribution is 2.06. The van der Waals surface area contributed by atoms with Gasteiger partial charge in [-0.2, -0.15) is 5.10 Å². The fourth-order valence-corrected chi connectivity index (χ4v) is 1.46. The summed E-state index contributed by atoms with van der Waals surface area (Å²) in [6.07, 6.45) is 0. The van der Waals surface area contributed by atoms with Crippen molar-refractivity contribution in [2.45, 2.75) is 6.61 Å². The van der Waals surface area contributed by atoms with E-state index in [1.165, 1.54) is 37.4 Å². The maximum Gasteiger partial charge on any atom is 0.359 e. The number of carbonyl (C=O) groups is 1. The molecule has 0 radical (unpaired) electrons. The molecule has 98 valence electrons. The van der Waals surface area contributed by atoms with Gasteiger partial charge < -0.3 is 4.74 Å². The molecule has 0 aliphatic rings. The van der Waals surface area contributed by atoms with Crippen molar-refractivity contribution < 1.29 is 13.9 Å². The van der Waals surface area contributed by atoms with Crippen LogP contribution in [0.2, 0.25) is 0 Å². The highest BCUT2D eigenvalue weighted by atomic mass is 19.1. The molecular formula is C13H11FN2O3. The average molecular weight is 262 g/mol. The third-order valence-electron chi connectivity index (χ3n) is 2.43. The molecule has 19 heavy (non-hydrogen) atoms. The average Bonchev–Trinajstić information content (AvgIpc) is 2.39. The summed E-state index contributed by atoms with van der Waals surface area (Å²) >= 11 is 0. The van der Waals surface area contributed by atoms with Crippen molar-refractivity contribution in [1.82, 2.24) is 9.78 Å². The fraction of sp³-hybridized carbons (Fsp3) is 0.154. The van der Waals surface area contributed by atoms with E-state index in [4.69, 9.17) is 4.74 Å². The summed E-state index contributed by atoms with van der Waals surface area (Å²) in [6, 6.07) is 8.27. The summed E-state index contributed by atoms with van der Waals surface area (Å²) in [4.78, 5) is 22.8. The minimum atomic E-state index is -0.667. The van der Waals surface area contributed by atoms with E-state index in [1.807, 2.05) is 0 Å². The van der Waals surface area contributed by atoms with Gasteiger partial charge in [0.25, 0.3) is 5.56 Å². The first-order valence-corrected chi connectivity index (χ1v) is 5.52. The van der Waals surface area contributed by atoms with Gasteiger partial charge in [0, 0.05) is 13.1 Å². The zero-order valence-electron chi connectivity index (χ0n) is 10.2. The molecule has 1 aromatic carbocycles. The zero-order valence-corrected chi connectivity index (χ0v) is 10.2. The summed E-state index contributed by atoms with van der Waals surface area (Å²) in [5.41, 5.74) is 0.248. The molecule has 0 saturated carbocycles. The molecule has 0 fully saturated rings. The Balaban J connectivity index is 2.05. The van der Waals surface area contributed by atoms with Crippen molar-refractivity contribution in [1.29, 1.82) is 0 Å². The molecule has 0 N–H and O–H groups in total. The smallest absolute Gasteiger partial charge is 0.359 e. The van der Waals surface area contributed by atoms with Crippen LogP contribution in [0.25, 0.3) is 0 Å². The van der Waals surface area contributed by atoms with Crippen molar-refractivity contribution in [2.24, 2.45) is 7.05 Å². The minimum absolute atomic E-state index is 0.0264. The molecule has 5 nitrogen and oxygen atoms in total. The number of benzene rings is 1. The van der Waals surface area contributed by atoms with E-state index < -0.39 is 11.8 Å². The lowest BCUT2D eigenvalue weighted by molar-refractivity contribution is 0.0462. The van der Waals surface area contributed by atoms with Gasteiger partial charge in [-0.05, 0) is 23.8 Å². The lowest BCUT2D eigenvalue weighted by atomic mass is 10.2. The maximum absolute atomic E-state index is 12.9. The van der Waals surface area contributed by atoms with Crippen LogP contribution in [0.15, 0.2) is 41.2 Å². The van der Waals surface area contributed by atoms with E-state index in [0.29, 0.717) is 5.56 Å². The monoisotopic (exact) mass is 262 g/mol. The second kappa shape index (κ2) is 5.43. The van der Waals surface area contributed by atoms with E-state index in [0.717, 1.165) is 4.68 Å². The fourth-order valence-electron chi connectivity index (χ4n) is 1.46. The topological polar surface area (TPSA) is 61.2 Å². The van der Waals surface area contributed by atoms with Gasteiger partial charge in [-0.25, -0.2) is 13.9 Å².